The Kier molecular flexibility index (Phi) is 10.2. The van der Waals surface area contributed by atoms with Crippen molar-refractivity contribution in [3.05, 3.63) is 115 Å². The van der Waals surface area contributed by atoms with Crippen molar-refractivity contribution >= 4 is 46.8 Å². The number of hydrogen-bond acceptors (Lipinski definition) is 12. The maximum Gasteiger partial charge on any atom is 0.426 e. The first kappa shape index (κ1) is 33.9. The van der Waals surface area contributed by atoms with Crippen LogP contribution in [0.5, 0.6) is 0 Å². The number of aliphatic hydroxyl groups excluding tert-OH is 1. The molecule has 3 aromatic carbocycles. The highest BCUT2D eigenvalue weighted by Crippen LogP contribution is 2.48. The minimum absolute atomic E-state index is 0.0642. The van der Waals surface area contributed by atoms with Gasteiger partial charge in [0.2, 0.25) is 5.91 Å². The van der Waals surface area contributed by atoms with Gasteiger partial charge in [-0.2, -0.15) is 0 Å². The Hall–Kier alpha value is -5.48. The highest BCUT2D eigenvalue weighted by atomic mass is 32.2. The highest BCUT2D eigenvalue weighted by molar-refractivity contribution is 7.99. The molecular formula is C32H31N5O10S. The number of rotatable bonds is 13. The average molecular weight is 678 g/mol. The van der Waals surface area contributed by atoms with Gasteiger partial charge in [-0.15, -0.1) is 11.8 Å². The van der Waals surface area contributed by atoms with Crippen molar-refractivity contribution in [2.75, 3.05) is 11.2 Å². The molecule has 0 spiro atoms. The number of nitro groups is 2. The van der Waals surface area contributed by atoms with Gasteiger partial charge in [-0.05, 0) is 72.2 Å². The lowest BCUT2D eigenvalue weighted by atomic mass is 9.78. The third-order valence-electron chi connectivity index (χ3n) is 8.10. The van der Waals surface area contributed by atoms with E-state index in [1.807, 2.05) is 19.1 Å². The predicted octanol–water partition coefficient (Wildman–Crippen LogP) is 4.70. The van der Waals surface area contributed by atoms with E-state index in [2.05, 4.69) is 10.9 Å². The zero-order valence-corrected chi connectivity index (χ0v) is 26.5. The van der Waals surface area contributed by atoms with E-state index in [1.54, 1.807) is 19.1 Å². The number of carbonyl (C=O) groups excluding carboxylic acids is 3. The van der Waals surface area contributed by atoms with E-state index in [1.165, 1.54) is 65.2 Å². The van der Waals surface area contributed by atoms with Crippen LogP contribution in [0.1, 0.15) is 25.0 Å². The molecule has 16 heteroatoms. The minimum Gasteiger partial charge on any atom is -0.456 e. The van der Waals surface area contributed by atoms with Gasteiger partial charge in [0.25, 0.3) is 11.4 Å². The maximum atomic E-state index is 13.4. The molecule has 1 fully saturated rings. The molecule has 48 heavy (non-hydrogen) atoms. The van der Waals surface area contributed by atoms with Gasteiger partial charge in [-0.3, -0.25) is 30.4 Å². The quantitative estimate of drug-likeness (QED) is 0.0741. The first-order chi connectivity index (χ1) is 22.9. The SMILES string of the molecule is C[C@@H]1C(CSc2ccc(NNC(=O)OCc3ccc([N+](=O)[O-])cc3)cc2)=C(C(=O)OCc2ccc([N+](=O)[O-])cc2)N2C(=O)C([C@@H](C)O)[C@H]12. The minimum atomic E-state index is -0.890. The number of anilines is 1. The molecule has 4 atom stereocenters. The third kappa shape index (κ3) is 7.39. The normalized spacial score (nSPS) is 18.8. The highest BCUT2D eigenvalue weighted by Gasteiger charge is 2.59. The van der Waals surface area contributed by atoms with Crippen LogP contribution in [0, 0.1) is 32.1 Å². The van der Waals surface area contributed by atoms with Crippen molar-refractivity contribution in [3.8, 4) is 0 Å². The van der Waals surface area contributed by atoms with E-state index in [9.17, 15) is 39.7 Å². The lowest BCUT2D eigenvalue weighted by Gasteiger charge is -2.46. The molecule has 1 unspecified atom stereocenters. The Morgan fingerprint density at radius 2 is 1.46 bits per heavy atom. The number of hydrazine groups is 1. The van der Waals surface area contributed by atoms with Crippen LogP contribution in [-0.4, -0.2) is 55.7 Å². The smallest absolute Gasteiger partial charge is 0.426 e. The number of amides is 2. The number of nitrogens with one attached hydrogen (secondary N) is 2. The Morgan fingerprint density at radius 3 is 1.98 bits per heavy atom. The summed E-state index contributed by atoms with van der Waals surface area (Å²) < 4.78 is 10.7. The van der Waals surface area contributed by atoms with Crippen molar-refractivity contribution in [3.63, 3.8) is 0 Å². The molecule has 3 N–H and O–H groups in total. The number of non-ortho nitro benzene ring substituents is 2. The van der Waals surface area contributed by atoms with Crippen molar-refractivity contribution in [1.82, 2.24) is 10.3 Å². The predicted molar refractivity (Wildman–Crippen MR) is 172 cm³/mol. The first-order valence-corrected chi connectivity index (χ1v) is 15.7. The van der Waals surface area contributed by atoms with Gasteiger partial charge in [0.1, 0.15) is 18.9 Å². The van der Waals surface area contributed by atoms with Crippen LogP contribution in [0.2, 0.25) is 0 Å². The number of thioether (sulfide) groups is 1. The molecule has 2 heterocycles. The fourth-order valence-corrected chi connectivity index (χ4v) is 6.62. The van der Waals surface area contributed by atoms with Crippen molar-refractivity contribution in [2.24, 2.45) is 11.8 Å². The Labute approximate surface area is 278 Å². The van der Waals surface area contributed by atoms with Gasteiger partial charge in [0.05, 0.1) is 33.6 Å². The summed E-state index contributed by atoms with van der Waals surface area (Å²) in [5.41, 5.74) is 7.54. The fraction of sp³-hybridized carbons (Fsp3) is 0.281. The molecule has 15 nitrogen and oxygen atoms in total. The van der Waals surface area contributed by atoms with Crippen LogP contribution >= 0.6 is 11.8 Å². The number of nitrogens with zero attached hydrogens (tertiary/aromatic N) is 3. The first-order valence-electron chi connectivity index (χ1n) is 14.7. The van der Waals surface area contributed by atoms with Gasteiger partial charge in [0, 0.05) is 40.8 Å². The Balaban J connectivity index is 1.18. The number of hydrogen-bond donors (Lipinski definition) is 3. The standard InChI is InChI=1S/C32H31N5O10S/c1-18-26(17-48-25-13-7-22(8-14-25)33-34-32(41)47-16-21-5-11-24(12-6-21)37(44)45)29(35-28(18)27(19(2)38)30(35)39)31(40)46-15-20-3-9-23(10-4-20)36(42)43/h3-14,18-19,27-28,33,38H,15-17H2,1-2H3,(H,34,41)/t18-,19-,27?,28+/m1/s1. The topological polar surface area (TPSA) is 203 Å². The van der Waals surface area contributed by atoms with Crippen LogP contribution in [0.3, 0.4) is 0 Å². The molecule has 0 aliphatic carbocycles. The molecule has 1 saturated heterocycles. The second kappa shape index (κ2) is 14.5. The van der Waals surface area contributed by atoms with E-state index >= 15 is 0 Å². The number of fused-ring (bicyclic) bond motifs is 1. The monoisotopic (exact) mass is 677 g/mol. The Bertz CT molecular complexity index is 1750. The molecule has 0 aromatic heterocycles. The molecule has 2 amide bonds. The van der Waals surface area contributed by atoms with Crippen molar-refractivity contribution < 1.29 is 38.8 Å². The lowest BCUT2D eigenvalue weighted by Crippen LogP contribution is -2.63. The van der Waals surface area contributed by atoms with Gasteiger partial charge < -0.3 is 19.5 Å². The van der Waals surface area contributed by atoms with Crippen LogP contribution in [-0.2, 0) is 32.3 Å². The molecule has 0 saturated carbocycles. The summed E-state index contributed by atoms with van der Waals surface area (Å²) in [6.07, 6.45) is -1.64. The largest absolute Gasteiger partial charge is 0.456 e. The van der Waals surface area contributed by atoms with Crippen LogP contribution in [0.15, 0.2) is 89.0 Å². The van der Waals surface area contributed by atoms with E-state index in [-0.39, 0.29) is 48.2 Å². The summed E-state index contributed by atoms with van der Waals surface area (Å²) in [5, 5.41) is 32.0. The zero-order chi connectivity index (χ0) is 34.5. The van der Waals surface area contributed by atoms with Gasteiger partial charge in [-0.25, -0.2) is 15.0 Å². The number of aliphatic hydroxyl groups is 1. The second-order valence-corrected chi connectivity index (χ2v) is 12.2. The molecule has 0 bridgehead atoms. The molecule has 2 aliphatic heterocycles. The summed E-state index contributed by atoms with van der Waals surface area (Å²) in [4.78, 5) is 61.4. The van der Waals surface area contributed by atoms with E-state index in [0.717, 1.165) is 4.90 Å². The summed E-state index contributed by atoms with van der Waals surface area (Å²) in [7, 11) is 0. The van der Waals surface area contributed by atoms with Crippen molar-refractivity contribution in [2.45, 2.75) is 44.1 Å². The fourth-order valence-electron chi connectivity index (χ4n) is 5.57. The van der Waals surface area contributed by atoms with Crippen molar-refractivity contribution in [1.29, 1.82) is 0 Å². The lowest BCUT2D eigenvalue weighted by molar-refractivity contribution is -0.385. The number of esters is 1. The van der Waals surface area contributed by atoms with Crippen LogP contribution < -0.4 is 10.9 Å². The van der Waals surface area contributed by atoms with Crippen LogP contribution in [0.25, 0.3) is 0 Å². The number of benzene rings is 3. The van der Waals surface area contributed by atoms with E-state index in [4.69, 9.17) is 9.47 Å². The van der Waals surface area contributed by atoms with Gasteiger partial charge in [0.15, 0.2) is 0 Å². The molecule has 2 aliphatic rings. The van der Waals surface area contributed by atoms with Crippen LogP contribution in [0.4, 0.5) is 21.9 Å². The zero-order valence-electron chi connectivity index (χ0n) is 25.7. The molecular weight excluding hydrogens is 646 g/mol. The number of carbonyl (C=O) groups is 3. The number of nitro benzene ring substituents is 2. The second-order valence-electron chi connectivity index (χ2n) is 11.2. The van der Waals surface area contributed by atoms with E-state index in [0.29, 0.717) is 28.1 Å². The van der Waals surface area contributed by atoms with Gasteiger partial charge >= 0.3 is 12.1 Å². The average Bonchev–Trinajstić information content (AvgIpc) is 3.32. The third-order valence-corrected chi connectivity index (χ3v) is 9.16. The maximum absolute atomic E-state index is 13.4. The summed E-state index contributed by atoms with van der Waals surface area (Å²) in [5.74, 6) is -1.55. The number of β-lactam (4-membered cyclic amide) rings is 1. The summed E-state index contributed by atoms with van der Waals surface area (Å²) in [6.45, 7) is 3.24. The Morgan fingerprint density at radius 1 is 0.917 bits per heavy atom. The summed E-state index contributed by atoms with van der Waals surface area (Å²) in [6, 6.07) is 17.9. The molecule has 250 valence electrons. The molecule has 0 radical (unpaired) electrons. The molecule has 5 rings (SSSR count). The van der Waals surface area contributed by atoms with Gasteiger partial charge in [-0.1, -0.05) is 6.92 Å². The number of ether oxygens (including phenoxy) is 2. The van der Waals surface area contributed by atoms with E-state index < -0.39 is 33.9 Å². The molecule has 3 aromatic rings. The summed E-state index contributed by atoms with van der Waals surface area (Å²) >= 11 is 1.43.